The molecule has 2 aromatic carbocycles. The smallest absolute Gasteiger partial charge is 0.262 e. The Morgan fingerprint density at radius 2 is 1.94 bits per heavy atom. The number of aromatic nitrogens is 3. The molecule has 0 spiro atoms. The van der Waals surface area contributed by atoms with Crippen LogP contribution >= 0.6 is 11.8 Å². The molecule has 0 saturated carbocycles. The van der Waals surface area contributed by atoms with Gasteiger partial charge < -0.3 is 5.32 Å². The second kappa shape index (κ2) is 9.53. The Kier molecular flexibility index (Phi) is 6.56. The van der Waals surface area contributed by atoms with Crippen LogP contribution in [0.3, 0.4) is 0 Å². The van der Waals surface area contributed by atoms with Gasteiger partial charge in [-0.3, -0.25) is 19.1 Å². The molecule has 2 N–H and O–H groups in total. The zero-order chi connectivity index (χ0) is 22.6. The number of nitrogens with zero attached hydrogens (tertiary/aromatic N) is 4. The summed E-state index contributed by atoms with van der Waals surface area (Å²) in [5.74, 6) is 1.000. The summed E-state index contributed by atoms with van der Waals surface area (Å²) in [6.07, 6.45) is 1.45. The lowest BCUT2D eigenvalue weighted by Gasteiger charge is -2.10. The fourth-order valence-corrected chi connectivity index (χ4v) is 5.15. The number of amides is 1. The Morgan fingerprint density at radius 3 is 2.69 bits per heavy atom. The summed E-state index contributed by atoms with van der Waals surface area (Å²) in [7, 11) is -3.75. The quantitative estimate of drug-likeness (QED) is 0.513. The predicted molar refractivity (Wildman–Crippen MR) is 124 cm³/mol. The summed E-state index contributed by atoms with van der Waals surface area (Å²) in [4.78, 5) is 16.7. The SMILES string of the molecule is Cc1nnc(SCC(=O)Nc2cccc(S(=O)(=O)NC3=NCCC3)c2)n1-c1ccccc1. The van der Waals surface area contributed by atoms with Crippen LogP contribution in [-0.2, 0) is 14.8 Å². The molecule has 0 fully saturated rings. The van der Waals surface area contributed by atoms with Gasteiger partial charge >= 0.3 is 0 Å². The van der Waals surface area contributed by atoms with Crippen LogP contribution in [0.15, 0.2) is 69.6 Å². The fraction of sp³-hybridized carbons (Fsp3) is 0.238. The minimum absolute atomic E-state index is 0.0667. The maximum Gasteiger partial charge on any atom is 0.262 e. The molecular weight excluding hydrogens is 448 g/mol. The number of amidine groups is 1. The molecule has 0 atom stereocenters. The van der Waals surface area contributed by atoms with E-state index in [9.17, 15) is 13.2 Å². The molecule has 1 aliphatic heterocycles. The van der Waals surface area contributed by atoms with E-state index in [1.54, 1.807) is 12.1 Å². The van der Waals surface area contributed by atoms with Gasteiger partial charge in [0, 0.05) is 24.3 Å². The highest BCUT2D eigenvalue weighted by Gasteiger charge is 2.19. The van der Waals surface area contributed by atoms with E-state index < -0.39 is 10.0 Å². The predicted octanol–water partition coefficient (Wildman–Crippen LogP) is 2.78. The average Bonchev–Trinajstić information content (AvgIpc) is 3.42. The van der Waals surface area contributed by atoms with Crippen molar-refractivity contribution in [3.05, 3.63) is 60.4 Å². The molecule has 3 aromatic rings. The van der Waals surface area contributed by atoms with Crippen LogP contribution in [-0.4, -0.2) is 47.2 Å². The Labute approximate surface area is 190 Å². The van der Waals surface area contributed by atoms with Crippen molar-refractivity contribution in [1.82, 2.24) is 19.5 Å². The third-order valence-corrected chi connectivity index (χ3v) is 7.00. The summed E-state index contributed by atoms with van der Waals surface area (Å²) in [5, 5.41) is 11.6. The molecule has 9 nitrogen and oxygen atoms in total. The molecule has 1 amide bonds. The summed E-state index contributed by atoms with van der Waals surface area (Å²) in [6.45, 7) is 2.48. The number of anilines is 1. The first-order valence-electron chi connectivity index (χ1n) is 9.99. The van der Waals surface area contributed by atoms with Crippen LogP contribution in [0.1, 0.15) is 18.7 Å². The number of carbonyl (C=O) groups excluding carboxylic acids is 1. The Balaban J connectivity index is 1.41. The van der Waals surface area contributed by atoms with Gasteiger partial charge in [0.05, 0.1) is 10.6 Å². The van der Waals surface area contributed by atoms with Crippen molar-refractivity contribution in [1.29, 1.82) is 0 Å². The van der Waals surface area contributed by atoms with E-state index in [1.807, 2.05) is 41.8 Å². The average molecular weight is 471 g/mol. The zero-order valence-corrected chi connectivity index (χ0v) is 19.0. The largest absolute Gasteiger partial charge is 0.325 e. The number of thioether (sulfide) groups is 1. The van der Waals surface area contributed by atoms with Gasteiger partial charge in [-0.2, -0.15) is 0 Å². The number of benzene rings is 2. The van der Waals surface area contributed by atoms with E-state index in [4.69, 9.17) is 0 Å². The minimum Gasteiger partial charge on any atom is -0.325 e. The number of sulfonamides is 1. The van der Waals surface area contributed by atoms with E-state index in [1.165, 1.54) is 23.9 Å². The number of carbonyl (C=O) groups is 1. The summed E-state index contributed by atoms with van der Waals surface area (Å²) >= 11 is 1.25. The maximum absolute atomic E-state index is 12.6. The van der Waals surface area contributed by atoms with Crippen LogP contribution in [0.4, 0.5) is 5.69 Å². The van der Waals surface area contributed by atoms with Gasteiger partial charge in [-0.25, -0.2) is 8.42 Å². The van der Waals surface area contributed by atoms with Crippen molar-refractivity contribution >= 4 is 39.2 Å². The number of nitrogens with one attached hydrogen (secondary N) is 2. The monoisotopic (exact) mass is 470 g/mol. The van der Waals surface area contributed by atoms with Crippen LogP contribution in [0.5, 0.6) is 0 Å². The first-order chi connectivity index (χ1) is 15.4. The molecule has 0 bridgehead atoms. The molecule has 0 unspecified atom stereocenters. The molecular formula is C21H22N6O3S2. The van der Waals surface area contributed by atoms with Gasteiger partial charge in [0.2, 0.25) is 5.91 Å². The highest BCUT2D eigenvalue weighted by atomic mass is 32.2. The topological polar surface area (TPSA) is 118 Å². The summed E-state index contributed by atoms with van der Waals surface area (Å²) in [6, 6.07) is 15.8. The normalized spacial score (nSPS) is 13.6. The van der Waals surface area contributed by atoms with Gasteiger partial charge in [-0.05, 0) is 43.7 Å². The van der Waals surface area contributed by atoms with Gasteiger partial charge in [-0.1, -0.05) is 36.0 Å². The molecule has 0 radical (unpaired) electrons. The summed E-state index contributed by atoms with van der Waals surface area (Å²) in [5.41, 5.74) is 1.31. The molecule has 166 valence electrons. The second-order valence-electron chi connectivity index (χ2n) is 7.10. The van der Waals surface area contributed by atoms with Crippen LogP contribution in [0.2, 0.25) is 0 Å². The molecule has 1 aromatic heterocycles. The van der Waals surface area contributed by atoms with Crippen molar-refractivity contribution in [3.63, 3.8) is 0 Å². The van der Waals surface area contributed by atoms with Crippen LogP contribution < -0.4 is 10.0 Å². The first-order valence-corrected chi connectivity index (χ1v) is 12.5. The molecule has 11 heteroatoms. The van der Waals surface area contributed by atoms with E-state index >= 15 is 0 Å². The van der Waals surface area contributed by atoms with Crippen LogP contribution in [0, 0.1) is 6.92 Å². The lowest BCUT2D eigenvalue weighted by molar-refractivity contribution is -0.113. The number of para-hydroxylation sites is 1. The lowest BCUT2D eigenvalue weighted by Crippen LogP contribution is -2.29. The van der Waals surface area contributed by atoms with Gasteiger partial charge in [-0.15, -0.1) is 10.2 Å². The Morgan fingerprint density at radius 1 is 1.12 bits per heavy atom. The Bertz CT molecular complexity index is 1260. The third kappa shape index (κ3) is 5.17. The van der Waals surface area contributed by atoms with Gasteiger partial charge in [0.15, 0.2) is 5.16 Å². The highest BCUT2D eigenvalue weighted by molar-refractivity contribution is 7.99. The van der Waals surface area contributed by atoms with E-state index in [0.717, 1.165) is 17.9 Å². The van der Waals surface area contributed by atoms with Gasteiger partial charge in [0.1, 0.15) is 11.7 Å². The number of hydrogen-bond donors (Lipinski definition) is 2. The standard InChI is InChI=1S/C21H22N6O3S2/c1-15-24-25-21(27(15)17-8-3-2-4-9-17)31-14-20(28)23-16-7-5-10-18(13-16)32(29,30)26-19-11-6-12-22-19/h2-5,7-10,13H,6,11-12,14H2,1H3,(H,22,26)(H,23,28). The minimum atomic E-state index is -3.75. The van der Waals surface area contributed by atoms with Crippen molar-refractivity contribution in [3.8, 4) is 5.69 Å². The maximum atomic E-state index is 12.6. The summed E-state index contributed by atoms with van der Waals surface area (Å²) < 4.78 is 29.6. The van der Waals surface area contributed by atoms with Crippen LogP contribution in [0.25, 0.3) is 5.69 Å². The van der Waals surface area contributed by atoms with Crippen molar-refractivity contribution in [2.24, 2.45) is 4.99 Å². The molecule has 0 aliphatic carbocycles. The number of aryl methyl sites for hydroxylation is 1. The zero-order valence-electron chi connectivity index (χ0n) is 17.4. The highest BCUT2D eigenvalue weighted by Crippen LogP contribution is 2.22. The third-order valence-electron chi connectivity index (χ3n) is 4.70. The number of aliphatic imine (C=N–C) groups is 1. The second-order valence-corrected chi connectivity index (χ2v) is 9.73. The van der Waals surface area contributed by atoms with E-state index in [0.29, 0.717) is 29.6 Å². The first kappa shape index (κ1) is 22.0. The number of hydrogen-bond acceptors (Lipinski definition) is 7. The van der Waals surface area contributed by atoms with Gasteiger partial charge in [0.25, 0.3) is 10.0 Å². The lowest BCUT2D eigenvalue weighted by atomic mass is 10.3. The molecule has 0 saturated heterocycles. The molecule has 1 aliphatic rings. The molecule has 32 heavy (non-hydrogen) atoms. The fourth-order valence-electron chi connectivity index (χ4n) is 3.22. The van der Waals surface area contributed by atoms with Crippen molar-refractivity contribution < 1.29 is 13.2 Å². The number of rotatable bonds is 7. The van der Waals surface area contributed by atoms with E-state index in [2.05, 4.69) is 25.2 Å². The van der Waals surface area contributed by atoms with E-state index in [-0.39, 0.29) is 16.6 Å². The molecule has 4 rings (SSSR count). The Hall–Kier alpha value is -3.18. The van der Waals surface area contributed by atoms with Crippen molar-refractivity contribution in [2.75, 3.05) is 17.6 Å². The van der Waals surface area contributed by atoms with Crippen molar-refractivity contribution in [2.45, 2.75) is 29.8 Å². The molecule has 2 heterocycles.